The number of likely N-dealkylation sites (N-methyl/N-ethyl adjacent to an activating group) is 1. The highest BCUT2D eigenvalue weighted by molar-refractivity contribution is 5.77. The van der Waals surface area contributed by atoms with Crippen LogP contribution in [0.3, 0.4) is 0 Å². The van der Waals surface area contributed by atoms with Crippen LogP contribution in [0, 0.1) is 6.92 Å². The minimum absolute atomic E-state index is 0.0171. The molecule has 4 nitrogen and oxygen atoms in total. The van der Waals surface area contributed by atoms with Crippen LogP contribution in [0.2, 0.25) is 0 Å². The van der Waals surface area contributed by atoms with Gasteiger partial charge in [0.25, 0.3) is 0 Å². The van der Waals surface area contributed by atoms with Crippen LogP contribution in [0.1, 0.15) is 24.1 Å². The molecule has 0 aromatic heterocycles. The molecular formula is C13H20N2O2. The lowest BCUT2D eigenvalue weighted by Gasteiger charge is -2.17. The second kappa shape index (κ2) is 5.68. The molecule has 0 saturated carbocycles. The average Bonchev–Trinajstić information content (AvgIpc) is 2.25. The highest BCUT2D eigenvalue weighted by Crippen LogP contribution is 2.24. The van der Waals surface area contributed by atoms with Gasteiger partial charge in [-0.1, -0.05) is 12.1 Å². The summed E-state index contributed by atoms with van der Waals surface area (Å²) in [4.78, 5) is 13.0. The maximum atomic E-state index is 11.4. The van der Waals surface area contributed by atoms with Crippen LogP contribution in [0.5, 0.6) is 5.75 Å². The summed E-state index contributed by atoms with van der Waals surface area (Å²) >= 11 is 0. The molecule has 1 unspecified atom stereocenters. The van der Waals surface area contributed by atoms with Gasteiger partial charge in [-0.15, -0.1) is 0 Å². The van der Waals surface area contributed by atoms with Gasteiger partial charge < -0.3 is 15.3 Å². The number of carbonyl (C=O) groups is 1. The summed E-state index contributed by atoms with van der Waals surface area (Å²) in [6.07, 6.45) is 0. The van der Waals surface area contributed by atoms with E-state index in [0.717, 1.165) is 11.1 Å². The van der Waals surface area contributed by atoms with Gasteiger partial charge in [-0.25, -0.2) is 0 Å². The van der Waals surface area contributed by atoms with Crippen molar-refractivity contribution in [2.45, 2.75) is 19.9 Å². The summed E-state index contributed by atoms with van der Waals surface area (Å²) in [6.45, 7) is 4.12. The molecule has 17 heavy (non-hydrogen) atoms. The van der Waals surface area contributed by atoms with E-state index >= 15 is 0 Å². The monoisotopic (exact) mass is 236 g/mol. The molecule has 2 N–H and O–H groups in total. The molecule has 94 valence electrons. The third-order valence-corrected chi connectivity index (χ3v) is 2.71. The number of benzene rings is 1. The lowest BCUT2D eigenvalue weighted by atomic mass is 10.1. The van der Waals surface area contributed by atoms with Crippen LogP contribution in [0.4, 0.5) is 0 Å². The lowest BCUT2D eigenvalue weighted by molar-refractivity contribution is -0.127. The van der Waals surface area contributed by atoms with Gasteiger partial charge in [0.1, 0.15) is 5.75 Å². The van der Waals surface area contributed by atoms with Crippen LogP contribution in [-0.2, 0) is 4.79 Å². The second-order valence-electron chi connectivity index (χ2n) is 4.45. The first-order valence-corrected chi connectivity index (χ1v) is 5.65. The van der Waals surface area contributed by atoms with E-state index in [9.17, 15) is 9.90 Å². The Morgan fingerprint density at radius 1 is 1.47 bits per heavy atom. The number of aromatic hydroxyl groups is 1. The molecule has 0 saturated heterocycles. The predicted octanol–water partition coefficient (Wildman–Crippen LogP) is 1.44. The maximum Gasteiger partial charge on any atom is 0.236 e. The van der Waals surface area contributed by atoms with Gasteiger partial charge in [0.05, 0.1) is 6.54 Å². The van der Waals surface area contributed by atoms with Crippen LogP contribution < -0.4 is 5.32 Å². The van der Waals surface area contributed by atoms with Crippen molar-refractivity contribution in [1.82, 2.24) is 10.2 Å². The van der Waals surface area contributed by atoms with Gasteiger partial charge in [-0.2, -0.15) is 0 Å². The quantitative estimate of drug-likeness (QED) is 0.831. The number of phenolic OH excluding ortho intramolecular Hbond substituents is 1. The summed E-state index contributed by atoms with van der Waals surface area (Å²) < 4.78 is 0. The Labute approximate surface area is 102 Å². The first kappa shape index (κ1) is 13.5. The number of amides is 1. The van der Waals surface area contributed by atoms with Crippen molar-refractivity contribution in [3.05, 3.63) is 29.3 Å². The molecule has 1 amide bonds. The van der Waals surface area contributed by atoms with Crippen LogP contribution >= 0.6 is 0 Å². The fourth-order valence-electron chi connectivity index (χ4n) is 1.53. The molecular weight excluding hydrogens is 216 g/mol. The Morgan fingerprint density at radius 2 is 2.12 bits per heavy atom. The van der Waals surface area contributed by atoms with Crippen LogP contribution in [0.15, 0.2) is 18.2 Å². The first-order chi connectivity index (χ1) is 7.91. The zero-order chi connectivity index (χ0) is 13.0. The summed E-state index contributed by atoms with van der Waals surface area (Å²) in [7, 11) is 3.44. The van der Waals surface area contributed by atoms with E-state index in [4.69, 9.17) is 0 Å². The van der Waals surface area contributed by atoms with Crippen molar-refractivity contribution in [1.29, 1.82) is 0 Å². The number of aryl methyl sites for hydroxylation is 1. The fourth-order valence-corrected chi connectivity index (χ4v) is 1.53. The Morgan fingerprint density at radius 3 is 2.65 bits per heavy atom. The van der Waals surface area contributed by atoms with Gasteiger partial charge in [-0.3, -0.25) is 4.79 Å². The van der Waals surface area contributed by atoms with E-state index in [1.165, 1.54) is 4.90 Å². The Hall–Kier alpha value is -1.55. The standard InChI is InChI=1S/C13H20N2O2/c1-9-5-6-11(12(16)7-9)10(2)14-8-13(17)15(3)4/h5-7,10,14,16H,8H2,1-4H3. The van der Waals surface area contributed by atoms with Gasteiger partial charge >= 0.3 is 0 Å². The molecule has 1 rings (SSSR count). The van der Waals surface area contributed by atoms with Gasteiger partial charge in [0, 0.05) is 25.7 Å². The summed E-state index contributed by atoms with van der Waals surface area (Å²) in [6, 6.07) is 5.49. The van der Waals surface area contributed by atoms with Gasteiger partial charge in [-0.05, 0) is 25.5 Å². The SMILES string of the molecule is Cc1ccc(C(C)NCC(=O)N(C)C)c(O)c1. The molecule has 0 heterocycles. The zero-order valence-corrected chi connectivity index (χ0v) is 10.8. The third kappa shape index (κ3) is 3.75. The molecule has 1 atom stereocenters. The van der Waals surface area contributed by atoms with E-state index in [0.29, 0.717) is 0 Å². The van der Waals surface area contributed by atoms with E-state index in [1.807, 2.05) is 26.0 Å². The molecule has 0 bridgehead atoms. The van der Waals surface area contributed by atoms with Crippen molar-refractivity contribution in [2.75, 3.05) is 20.6 Å². The minimum atomic E-state index is -0.0560. The molecule has 0 aliphatic rings. The number of nitrogens with one attached hydrogen (secondary N) is 1. The van der Waals surface area contributed by atoms with Crippen LogP contribution in [-0.4, -0.2) is 36.6 Å². The molecule has 0 aliphatic heterocycles. The van der Waals surface area contributed by atoms with Crippen molar-refractivity contribution in [3.63, 3.8) is 0 Å². The molecule has 4 heteroatoms. The van der Waals surface area contributed by atoms with Crippen molar-refractivity contribution in [3.8, 4) is 5.75 Å². The largest absolute Gasteiger partial charge is 0.508 e. The predicted molar refractivity (Wildman–Crippen MR) is 68.0 cm³/mol. The number of phenols is 1. The average molecular weight is 236 g/mol. The van der Waals surface area contributed by atoms with Crippen molar-refractivity contribution >= 4 is 5.91 Å². The van der Waals surface area contributed by atoms with E-state index in [2.05, 4.69) is 5.32 Å². The van der Waals surface area contributed by atoms with E-state index in [1.54, 1.807) is 20.2 Å². The fraction of sp³-hybridized carbons (Fsp3) is 0.462. The normalized spacial score (nSPS) is 12.2. The number of hydrogen-bond acceptors (Lipinski definition) is 3. The molecule has 1 aromatic carbocycles. The summed E-state index contributed by atoms with van der Waals surface area (Å²) in [5.41, 5.74) is 1.82. The molecule has 0 spiro atoms. The number of nitrogens with zero attached hydrogens (tertiary/aromatic N) is 1. The van der Waals surface area contributed by atoms with Crippen LogP contribution in [0.25, 0.3) is 0 Å². The third-order valence-electron chi connectivity index (χ3n) is 2.71. The summed E-state index contributed by atoms with van der Waals surface area (Å²) in [5, 5.41) is 12.9. The van der Waals surface area contributed by atoms with E-state index in [-0.39, 0.29) is 24.2 Å². The number of hydrogen-bond donors (Lipinski definition) is 2. The Balaban J connectivity index is 2.64. The Kier molecular flexibility index (Phi) is 4.52. The number of carbonyl (C=O) groups excluding carboxylic acids is 1. The highest BCUT2D eigenvalue weighted by Gasteiger charge is 2.12. The highest BCUT2D eigenvalue weighted by atomic mass is 16.3. The van der Waals surface area contributed by atoms with Crippen molar-refractivity contribution in [2.24, 2.45) is 0 Å². The first-order valence-electron chi connectivity index (χ1n) is 5.65. The molecule has 0 fully saturated rings. The topological polar surface area (TPSA) is 52.6 Å². The lowest BCUT2D eigenvalue weighted by Crippen LogP contribution is -2.34. The Bertz CT molecular complexity index is 402. The zero-order valence-electron chi connectivity index (χ0n) is 10.8. The van der Waals surface area contributed by atoms with Gasteiger partial charge in [0.2, 0.25) is 5.91 Å². The van der Waals surface area contributed by atoms with Crippen molar-refractivity contribution < 1.29 is 9.90 Å². The number of rotatable bonds is 4. The second-order valence-corrected chi connectivity index (χ2v) is 4.45. The molecule has 0 radical (unpaired) electrons. The van der Waals surface area contributed by atoms with E-state index < -0.39 is 0 Å². The minimum Gasteiger partial charge on any atom is -0.508 e. The maximum absolute atomic E-state index is 11.4. The molecule has 1 aromatic rings. The smallest absolute Gasteiger partial charge is 0.236 e. The van der Waals surface area contributed by atoms with Gasteiger partial charge in [0.15, 0.2) is 0 Å². The molecule has 0 aliphatic carbocycles. The summed E-state index contributed by atoms with van der Waals surface area (Å²) in [5.74, 6) is 0.283.